The fourth-order valence-electron chi connectivity index (χ4n) is 7.68. The Balaban J connectivity index is 1.65. The highest BCUT2D eigenvalue weighted by Crippen LogP contribution is 2.67. The van der Waals surface area contributed by atoms with Gasteiger partial charge in [-0.1, -0.05) is 20.4 Å². The number of amides is 1. The number of allylic oxidation sites excluding steroid dienone is 2. The van der Waals surface area contributed by atoms with Crippen molar-refractivity contribution in [1.82, 2.24) is 5.32 Å². The lowest BCUT2D eigenvalue weighted by Crippen LogP contribution is -2.54. The Kier molecular flexibility index (Phi) is 4.61. The Morgan fingerprint density at radius 1 is 1.14 bits per heavy atom. The van der Waals surface area contributed by atoms with Crippen LogP contribution in [0.4, 0.5) is 0 Å². The number of Topliss-reactive ketones (excluding diaryl/α,β-unsaturated/α-hetero) is 1. The third-order valence-corrected chi connectivity index (χ3v) is 8.92. The number of nitrogens with two attached hydrogens (primary N) is 1. The summed E-state index contributed by atoms with van der Waals surface area (Å²) in [6.07, 6.45) is 6.68. The van der Waals surface area contributed by atoms with E-state index in [1.54, 1.807) is 0 Å². The Morgan fingerprint density at radius 3 is 2.48 bits per heavy atom. The van der Waals surface area contributed by atoms with Crippen molar-refractivity contribution in [2.45, 2.75) is 85.1 Å². The number of fused-ring (bicyclic) bond motifs is 5. The quantitative estimate of drug-likeness (QED) is 0.683. The van der Waals surface area contributed by atoms with E-state index in [-0.39, 0.29) is 34.0 Å². The lowest BCUT2D eigenvalue weighted by molar-refractivity contribution is -0.133. The van der Waals surface area contributed by atoms with Gasteiger partial charge >= 0.3 is 0 Å². The summed E-state index contributed by atoms with van der Waals surface area (Å²) in [4.78, 5) is 25.4. The van der Waals surface area contributed by atoms with E-state index in [9.17, 15) is 9.59 Å². The molecule has 0 spiro atoms. The Morgan fingerprint density at radius 2 is 1.83 bits per heavy atom. The number of nitrogens with one attached hydrogen (secondary N) is 1. The van der Waals surface area contributed by atoms with E-state index in [1.165, 1.54) is 0 Å². The van der Waals surface area contributed by atoms with Crippen molar-refractivity contribution in [3.05, 3.63) is 23.4 Å². The number of carbonyl (C=O) groups is 2. The summed E-state index contributed by atoms with van der Waals surface area (Å²) >= 11 is 0. The Bertz CT molecular complexity index is 804. The maximum atomic E-state index is 13.1. The van der Waals surface area contributed by atoms with Crippen molar-refractivity contribution >= 4 is 11.7 Å². The monoisotopic (exact) mass is 398 g/mol. The highest BCUT2D eigenvalue weighted by atomic mass is 16.2. The molecule has 6 atom stereocenters. The summed E-state index contributed by atoms with van der Waals surface area (Å²) in [5, 5.41) is 3.25. The molecule has 3 N–H and O–H groups in total. The van der Waals surface area contributed by atoms with Crippen LogP contribution in [0.1, 0.15) is 79.6 Å². The molecule has 4 aliphatic rings. The average molecular weight is 399 g/mol. The van der Waals surface area contributed by atoms with E-state index in [2.05, 4.69) is 46.5 Å². The van der Waals surface area contributed by atoms with Crippen LogP contribution in [-0.2, 0) is 9.59 Å². The van der Waals surface area contributed by atoms with Crippen LogP contribution < -0.4 is 11.1 Å². The molecule has 160 valence electrons. The van der Waals surface area contributed by atoms with Crippen LogP contribution in [0.2, 0.25) is 0 Å². The van der Waals surface area contributed by atoms with Gasteiger partial charge in [0.05, 0.1) is 5.70 Å². The Hall–Kier alpha value is -1.58. The van der Waals surface area contributed by atoms with Crippen molar-refractivity contribution in [3.8, 4) is 0 Å². The molecule has 3 saturated carbocycles. The minimum Gasteiger partial charge on any atom is -0.396 e. The first-order valence-corrected chi connectivity index (χ1v) is 11.4. The first-order valence-electron chi connectivity index (χ1n) is 11.4. The molecular formula is C25H38N2O2. The van der Waals surface area contributed by atoms with Gasteiger partial charge in [0.2, 0.25) is 5.91 Å². The van der Waals surface area contributed by atoms with Gasteiger partial charge < -0.3 is 11.1 Å². The molecule has 4 aliphatic carbocycles. The normalized spacial score (nSPS) is 42.2. The highest BCUT2D eigenvalue weighted by Gasteiger charge is 2.61. The van der Waals surface area contributed by atoms with Crippen LogP contribution >= 0.6 is 0 Å². The number of rotatable bonds is 1. The van der Waals surface area contributed by atoms with E-state index < -0.39 is 0 Å². The summed E-state index contributed by atoms with van der Waals surface area (Å²) in [5.74, 6) is 2.06. The lowest BCUT2D eigenvalue weighted by atomic mass is 9.46. The number of hydrogen-bond acceptors (Lipinski definition) is 3. The second-order valence-electron chi connectivity index (χ2n) is 11.7. The highest BCUT2D eigenvalue weighted by molar-refractivity contribution is 5.97. The summed E-state index contributed by atoms with van der Waals surface area (Å²) in [7, 11) is 0. The molecule has 0 aromatic carbocycles. The molecule has 0 bridgehead atoms. The zero-order valence-corrected chi connectivity index (χ0v) is 18.9. The van der Waals surface area contributed by atoms with Gasteiger partial charge in [0.1, 0.15) is 0 Å². The molecule has 3 fully saturated rings. The molecule has 4 rings (SSSR count). The van der Waals surface area contributed by atoms with Gasteiger partial charge in [-0.25, -0.2) is 0 Å². The molecule has 4 nitrogen and oxygen atoms in total. The molecule has 0 unspecified atom stereocenters. The van der Waals surface area contributed by atoms with Crippen LogP contribution in [0.15, 0.2) is 23.4 Å². The maximum absolute atomic E-state index is 13.1. The molecule has 0 aliphatic heterocycles. The first-order chi connectivity index (χ1) is 13.4. The summed E-state index contributed by atoms with van der Waals surface area (Å²) in [6.45, 7) is 15.3. The predicted octanol–water partition coefficient (Wildman–Crippen LogP) is 4.50. The minimum absolute atomic E-state index is 0.0366. The third-order valence-electron chi connectivity index (χ3n) is 8.92. The number of carbonyl (C=O) groups excluding carboxylic acids is 2. The molecular weight excluding hydrogens is 360 g/mol. The molecule has 0 heterocycles. The Labute approximate surface area is 175 Å². The molecule has 1 amide bonds. The van der Waals surface area contributed by atoms with E-state index in [0.717, 1.165) is 49.7 Å². The number of hydrogen-bond donors (Lipinski definition) is 2. The summed E-state index contributed by atoms with van der Waals surface area (Å²) < 4.78 is 0. The van der Waals surface area contributed by atoms with Crippen molar-refractivity contribution in [2.24, 2.45) is 40.2 Å². The van der Waals surface area contributed by atoms with Crippen molar-refractivity contribution in [2.75, 3.05) is 0 Å². The molecule has 29 heavy (non-hydrogen) atoms. The van der Waals surface area contributed by atoms with E-state index in [1.807, 2.05) is 0 Å². The lowest BCUT2D eigenvalue weighted by Gasteiger charge is -2.58. The van der Waals surface area contributed by atoms with Gasteiger partial charge in [0, 0.05) is 17.9 Å². The fourth-order valence-corrected chi connectivity index (χ4v) is 7.68. The second kappa shape index (κ2) is 6.46. The third kappa shape index (κ3) is 3.00. The van der Waals surface area contributed by atoms with Crippen LogP contribution in [0, 0.1) is 34.5 Å². The molecule has 4 heteroatoms. The van der Waals surface area contributed by atoms with Gasteiger partial charge in [-0.15, -0.1) is 0 Å². The van der Waals surface area contributed by atoms with Crippen molar-refractivity contribution in [1.29, 1.82) is 0 Å². The molecule has 0 saturated heterocycles. The van der Waals surface area contributed by atoms with E-state index in [0.29, 0.717) is 29.9 Å². The smallest absolute Gasteiger partial charge is 0.224 e. The second-order valence-corrected chi connectivity index (χ2v) is 11.7. The van der Waals surface area contributed by atoms with Gasteiger partial charge in [-0.05, 0) is 99.0 Å². The standard InChI is InChI=1S/C25H38N2O2/c1-14-13-15-16-7-8-18(22(29)27-23(2,3)4)24(16,5)11-9-17(15)25(6)12-10-19(28)21(26)20(14)25/h15-18H,1,7-13,26H2,2-6H3,(H,27,29)/t15-,16-,17-,18+,24-,25+/m0/s1. The van der Waals surface area contributed by atoms with E-state index in [4.69, 9.17) is 5.73 Å². The predicted molar refractivity (Wildman–Crippen MR) is 116 cm³/mol. The topological polar surface area (TPSA) is 72.2 Å². The average Bonchev–Trinajstić information content (AvgIpc) is 2.94. The largest absolute Gasteiger partial charge is 0.396 e. The summed E-state index contributed by atoms with van der Waals surface area (Å²) in [5.41, 5.74) is 8.75. The fraction of sp³-hybridized carbons (Fsp3) is 0.760. The van der Waals surface area contributed by atoms with Gasteiger partial charge in [0.25, 0.3) is 0 Å². The van der Waals surface area contributed by atoms with Crippen molar-refractivity contribution in [3.63, 3.8) is 0 Å². The molecule has 0 radical (unpaired) electrons. The molecule has 0 aromatic rings. The first kappa shape index (κ1) is 20.7. The zero-order chi connectivity index (χ0) is 21.4. The minimum atomic E-state index is -0.193. The van der Waals surface area contributed by atoms with Gasteiger partial charge in [-0.3, -0.25) is 9.59 Å². The van der Waals surface area contributed by atoms with Gasteiger partial charge in [0.15, 0.2) is 5.78 Å². The van der Waals surface area contributed by atoms with E-state index >= 15 is 0 Å². The number of ketones is 1. The van der Waals surface area contributed by atoms with Crippen LogP contribution in [0.3, 0.4) is 0 Å². The van der Waals surface area contributed by atoms with Gasteiger partial charge in [-0.2, -0.15) is 0 Å². The van der Waals surface area contributed by atoms with Crippen LogP contribution in [0.25, 0.3) is 0 Å². The SMILES string of the molecule is C=C1C[C@H]2[C@@H]3CC[C@H](C(=O)NC(C)(C)C)[C@@]3(C)CC[C@@H]2[C@@]2(C)CCC(=O)C(N)=C12. The van der Waals surface area contributed by atoms with Crippen molar-refractivity contribution < 1.29 is 9.59 Å². The molecule has 0 aromatic heterocycles. The maximum Gasteiger partial charge on any atom is 0.224 e. The zero-order valence-electron chi connectivity index (χ0n) is 18.9. The summed E-state index contributed by atoms with van der Waals surface area (Å²) in [6, 6.07) is 0. The van der Waals surface area contributed by atoms with Crippen LogP contribution in [0.5, 0.6) is 0 Å². The van der Waals surface area contributed by atoms with Crippen LogP contribution in [-0.4, -0.2) is 17.2 Å².